The topological polar surface area (TPSA) is 59.8 Å². The van der Waals surface area contributed by atoms with Gasteiger partial charge in [-0.25, -0.2) is 4.79 Å². The molecule has 0 spiro atoms. The predicted molar refractivity (Wildman–Crippen MR) is 149 cm³/mol. The monoisotopic (exact) mass is 572 g/mol. The summed E-state index contributed by atoms with van der Waals surface area (Å²) in [6, 6.07) is 19.1. The summed E-state index contributed by atoms with van der Waals surface area (Å²) in [7, 11) is 1.40. The number of likely N-dealkylation sites (tertiary alicyclic amines) is 2. The molecule has 1 amide bonds. The minimum Gasteiger partial charge on any atom is -0.453 e. The van der Waals surface area contributed by atoms with Gasteiger partial charge in [0.2, 0.25) is 0 Å². The second kappa shape index (κ2) is 11.9. The predicted octanol–water partition coefficient (Wildman–Crippen LogP) is 6.14. The number of halogens is 3. The molecule has 0 N–H and O–H groups in total. The zero-order chi connectivity index (χ0) is 28.3. The van der Waals surface area contributed by atoms with Gasteiger partial charge in [-0.05, 0) is 86.3 Å². The van der Waals surface area contributed by atoms with Gasteiger partial charge in [0.25, 0.3) is 0 Å². The Labute approximate surface area is 238 Å². The van der Waals surface area contributed by atoms with Gasteiger partial charge in [-0.2, -0.15) is 18.4 Å². The summed E-state index contributed by atoms with van der Waals surface area (Å²) >= 11 is -0.0879. The number of ether oxygens (including phenoxy) is 1. The Balaban J connectivity index is 1.20. The Kier molecular flexibility index (Phi) is 8.52. The third kappa shape index (κ3) is 5.91. The number of nitrogens with zero attached hydrogens (tertiary/aromatic N) is 4. The first-order chi connectivity index (χ1) is 19.2. The lowest BCUT2D eigenvalue weighted by atomic mass is 9.62. The lowest BCUT2D eigenvalue weighted by Gasteiger charge is -2.48. The molecule has 40 heavy (non-hydrogen) atoms. The van der Waals surface area contributed by atoms with Crippen LogP contribution < -0.4 is 4.90 Å². The molecule has 0 saturated carbocycles. The molecule has 2 unspecified atom stereocenters. The number of thioether (sulfide) groups is 1. The highest BCUT2D eigenvalue weighted by molar-refractivity contribution is 8.00. The van der Waals surface area contributed by atoms with E-state index in [9.17, 15) is 23.2 Å². The number of carbonyl (C=O) groups excluding carboxylic acids is 1. The van der Waals surface area contributed by atoms with E-state index < -0.39 is 10.9 Å². The van der Waals surface area contributed by atoms with Gasteiger partial charge in [-0.15, -0.1) is 0 Å². The lowest BCUT2D eigenvalue weighted by Crippen LogP contribution is -2.56. The van der Waals surface area contributed by atoms with Crippen molar-refractivity contribution in [2.45, 2.75) is 47.5 Å². The summed E-state index contributed by atoms with van der Waals surface area (Å²) < 4.78 is 42.9. The van der Waals surface area contributed by atoms with Crippen molar-refractivity contribution < 1.29 is 22.7 Å². The maximum Gasteiger partial charge on any atom is 0.446 e. The van der Waals surface area contributed by atoms with E-state index in [1.807, 2.05) is 30.3 Å². The minimum absolute atomic E-state index is 0.0879. The number of methoxy groups -OCH3 is 1. The molecule has 3 saturated heterocycles. The number of amides is 1. The van der Waals surface area contributed by atoms with Gasteiger partial charge in [0, 0.05) is 42.7 Å². The van der Waals surface area contributed by atoms with Crippen LogP contribution in [0.5, 0.6) is 0 Å². The SMILES string of the molecule is COC(=O)N1CCCC1C(C#N)(c1ccccc1)C1CCN(CC2CN(c3ccc(SC(F)(F)F)cc3)C2)CC1. The molecule has 3 aliphatic heterocycles. The van der Waals surface area contributed by atoms with E-state index >= 15 is 0 Å². The fraction of sp³-hybridized carbons (Fsp3) is 0.533. The highest BCUT2D eigenvalue weighted by Gasteiger charge is 2.53. The summed E-state index contributed by atoms with van der Waals surface area (Å²) in [4.78, 5) is 19.3. The van der Waals surface area contributed by atoms with Crippen LogP contribution in [0.3, 0.4) is 0 Å². The molecule has 2 aromatic carbocycles. The fourth-order valence-electron chi connectivity index (χ4n) is 6.91. The standard InChI is InChI=1S/C30H35F3N4O2S/c1-39-28(38)37-15-5-8-27(37)29(21-34,23-6-3-2-4-7-23)24-13-16-35(17-14-24)18-22-19-36(20-22)25-9-11-26(12-10-25)40-30(31,32)33/h2-4,6-7,9-12,22,24,27H,5,8,13-20H2,1H3. The van der Waals surface area contributed by atoms with Gasteiger partial charge in [0.05, 0.1) is 19.2 Å². The number of carbonyl (C=O) groups is 1. The smallest absolute Gasteiger partial charge is 0.446 e. The third-order valence-electron chi connectivity index (χ3n) is 8.76. The Bertz CT molecular complexity index is 1190. The highest BCUT2D eigenvalue weighted by Crippen LogP contribution is 2.46. The van der Waals surface area contributed by atoms with Crippen molar-refractivity contribution in [3.05, 3.63) is 60.2 Å². The van der Waals surface area contributed by atoms with Crippen molar-refractivity contribution in [3.63, 3.8) is 0 Å². The molecule has 214 valence electrons. The molecule has 6 nitrogen and oxygen atoms in total. The maximum atomic E-state index is 12.7. The molecule has 5 rings (SSSR count). The molecule has 0 aromatic heterocycles. The van der Waals surface area contributed by atoms with Crippen molar-refractivity contribution in [1.82, 2.24) is 9.80 Å². The molecule has 0 aliphatic carbocycles. The molecular formula is C30H35F3N4O2S. The second-order valence-electron chi connectivity index (χ2n) is 11.1. The van der Waals surface area contributed by atoms with E-state index in [0.29, 0.717) is 12.5 Å². The number of hydrogen-bond donors (Lipinski definition) is 0. The number of benzene rings is 2. The summed E-state index contributed by atoms with van der Waals surface area (Å²) in [5, 5.41) is 10.8. The van der Waals surface area contributed by atoms with Crippen molar-refractivity contribution in [2.75, 3.05) is 51.3 Å². The van der Waals surface area contributed by atoms with Crippen LogP contribution in [0, 0.1) is 23.2 Å². The summed E-state index contributed by atoms with van der Waals surface area (Å²) in [5.74, 6) is 0.623. The quantitative estimate of drug-likeness (QED) is 0.372. The Hall–Kier alpha value is -2.90. The number of piperidine rings is 1. The molecule has 0 radical (unpaired) electrons. The molecule has 3 fully saturated rings. The van der Waals surface area contributed by atoms with Crippen LogP contribution in [-0.2, 0) is 10.2 Å². The molecule has 3 heterocycles. The highest BCUT2D eigenvalue weighted by atomic mass is 32.2. The first-order valence-electron chi connectivity index (χ1n) is 13.9. The summed E-state index contributed by atoms with van der Waals surface area (Å²) in [5.41, 5.74) is -3.13. The fourth-order valence-corrected chi connectivity index (χ4v) is 7.45. The Morgan fingerprint density at radius 2 is 1.70 bits per heavy atom. The average Bonchev–Trinajstić information content (AvgIpc) is 3.42. The number of rotatable bonds is 7. The average molecular weight is 573 g/mol. The van der Waals surface area contributed by atoms with E-state index in [-0.39, 0.29) is 34.7 Å². The van der Waals surface area contributed by atoms with Crippen LogP contribution in [0.2, 0.25) is 0 Å². The normalized spacial score (nSPS) is 22.4. The van der Waals surface area contributed by atoms with Crippen molar-refractivity contribution >= 4 is 23.5 Å². The summed E-state index contributed by atoms with van der Waals surface area (Å²) in [6.07, 6.45) is 3.03. The van der Waals surface area contributed by atoms with Crippen LogP contribution in [0.4, 0.5) is 23.7 Å². The number of anilines is 1. The van der Waals surface area contributed by atoms with E-state index in [1.54, 1.807) is 17.0 Å². The molecule has 2 aromatic rings. The number of alkyl halides is 3. The van der Waals surface area contributed by atoms with Gasteiger partial charge in [0.1, 0.15) is 5.41 Å². The Morgan fingerprint density at radius 1 is 1.02 bits per heavy atom. The Morgan fingerprint density at radius 3 is 2.30 bits per heavy atom. The zero-order valence-electron chi connectivity index (χ0n) is 22.6. The number of hydrogen-bond acceptors (Lipinski definition) is 6. The van der Waals surface area contributed by atoms with Gasteiger partial charge in [-0.3, -0.25) is 0 Å². The van der Waals surface area contributed by atoms with E-state index in [1.165, 1.54) is 19.2 Å². The van der Waals surface area contributed by atoms with Gasteiger partial charge < -0.3 is 19.4 Å². The first kappa shape index (κ1) is 28.6. The van der Waals surface area contributed by atoms with Crippen molar-refractivity contribution in [3.8, 4) is 6.07 Å². The third-order valence-corrected chi connectivity index (χ3v) is 9.50. The van der Waals surface area contributed by atoms with E-state index in [2.05, 4.69) is 15.9 Å². The van der Waals surface area contributed by atoms with E-state index in [0.717, 1.165) is 69.7 Å². The lowest BCUT2D eigenvalue weighted by molar-refractivity contribution is -0.0328. The molecular weight excluding hydrogens is 537 g/mol. The molecule has 10 heteroatoms. The summed E-state index contributed by atoms with van der Waals surface area (Å²) in [6.45, 7) is 5.13. The molecule has 3 aliphatic rings. The van der Waals surface area contributed by atoms with Crippen molar-refractivity contribution in [1.29, 1.82) is 5.26 Å². The van der Waals surface area contributed by atoms with Crippen LogP contribution in [-0.4, -0.2) is 73.8 Å². The molecule has 2 atom stereocenters. The largest absolute Gasteiger partial charge is 0.453 e. The number of nitriles is 1. The van der Waals surface area contributed by atoms with Crippen LogP contribution >= 0.6 is 11.8 Å². The van der Waals surface area contributed by atoms with E-state index in [4.69, 9.17) is 4.74 Å². The minimum atomic E-state index is -4.28. The molecule has 0 bridgehead atoms. The first-order valence-corrected chi connectivity index (χ1v) is 14.7. The second-order valence-corrected chi connectivity index (χ2v) is 12.2. The van der Waals surface area contributed by atoms with Gasteiger partial charge in [0.15, 0.2) is 0 Å². The maximum absolute atomic E-state index is 12.7. The van der Waals surface area contributed by atoms with Gasteiger partial charge >= 0.3 is 11.6 Å². The van der Waals surface area contributed by atoms with Crippen LogP contribution in [0.15, 0.2) is 59.5 Å². The van der Waals surface area contributed by atoms with Crippen LogP contribution in [0.1, 0.15) is 31.2 Å². The van der Waals surface area contributed by atoms with Gasteiger partial charge in [-0.1, -0.05) is 30.3 Å². The zero-order valence-corrected chi connectivity index (χ0v) is 23.5. The van der Waals surface area contributed by atoms with Crippen LogP contribution in [0.25, 0.3) is 0 Å². The van der Waals surface area contributed by atoms with Crippen molar-refractivity contribution in [2.24, 2.45) is 11.8 Å².